The number of methoxy groups -OCH3 is 2. The van der Waals surface area contributed by atoms with Crippen LogP contribution in [-0.2, 0) is 14.3 Å². The standard InChI is InChI=1S/C25H26N2O5/c1-14-13-16(9-10-19(14)32-4)23(28)21-22(27(11-12-31-3)25(30)24(21)29)20-15(2)26-18-8-6-5-7-17(18)20/h5-10,13,22,26,28H,11-12H2,1-4H3/b23-21+. The number of carbonyl (C=O) groups excluding carboxylic acids is 2. The molecule has 3 aromatic rings. The Morgan fingerprint density at radius 3 is 2.56 bits per heavy atom. The lowest BCUT2D eigenvalue weighted by molar-refractivity contribution is -0.140. The van der Waals surface area contributed by atoms with Gasteiger partial charge in [0.2, 0.25) is 0 Å². The van der Waals surface area contributed by atoms with E-state index in [1.807, 2.05) is 38.1 Å². The third kappa shape index (κ3) is 3.44. The lowest BCUT2D eigenvalue weighted by Crippen LogP contribution is -2.32. The monoisotopic (exact) mass is 434 g/mol. The van der Waals surface area contributed by atoms with Gasteiger partial charge in [-0.25, -0.2) is 0 Å². The molecule has 1 saturated heterocycles. The lowest BCUT2D eigenvalue weighted by atomic mass is 9.93. The lowest BCUT2D eigenvalue weighted by Gasteiger charge is -2.25. The maximum atomic E-state index is 13.2. The van der Waals surface area contributed by atoms with Gasteiger partial charge in [0.15, 0.2) is 0 Å². The van der Waals surface area contributed by atoms with Gasteiger partial charge in [0.25, 0.3) is 11.7 Å². The van der Waals surface area contributed by atoms with Gasteiger partial charge < -0.3 is 24.5 Å². The molecule has 1 aliphatic heterocycles. The van der Waals surface area contributed by atoms with E-state index in [0.29, 0.717) is 11.3 Å². The van der Waals surface area contributed by atoms with E-state index in [2.05, 4.69) is 4.98 Å². The number of hydrogen-bond donors (Lipinski definition) is 2. The van der Waals surface area contributed by atoms with Crippen LogP contribution in [0.25, 0.3) is 16.7 Å². The molecule has 7 nitrogen and oxygen atoms in total. The van der Waals surface area contributed by atoms with Crippen LogP contribution in [0.15, 0.2) is 48.0 Å². The Labute approximate surface area is 186 Å². The number of aliphatic hydroxyl groups excluding tert-OH is 1. The summed E-state index contributed by atoms with van der Waals surface area (Å²) in [5, 5.41) is 12.2. The van der Waals surface area contributed by atoms with E-state index >= 15 is 0 Å². The number of rotatable bonds is 6. The average Bonchev–Trinajstić information content (AvgIpc) is 3.24. The summed E-state index contributed by atoms with van der Waals surface area (Å²) in [5.41, 5.74) is 3.86. The maximum absolute atomic E-state index is 13.2. The van der Waals surface area contributed by atoms with Crippen molar-refractivity contribution >= 4 is 28.4 Å². The topological polar surface area (TPSA) is 91.9 Å². The number of ether oxygens (including phenoxy) is 2. The number of ketones is 1. The second kappa shape index (κ2) is 8.51. The van der Waals surface area contributed by atoms with Gasteiger partial charge in [0, 0.05) is 41.4 Å². The van der Waals surface area contributed by atoms with Crippen molar-refractivity contribution in [2.45, 2.75) is 19.9 Å². The minimum atomic E-state index is -0.733. The van der Waals surface area contributed by atoms with Crippen LogP contribution >= 0.6 is 0 Å². The molecule has 1 fully saturated rings. The van der Waals surface area contributed by atoms with E-state index in [1.165, 1.54) is 4.90 Å². The van der Waals surface area contributed by atoms with Gasteiger partial charge in [-0.1, -0.05) is 18.2 Å². The van der Waals surface area contributed by atoms with E-state index in [4.69, 9.17) is 9.47 Å². The number of nitrogens with zero attached hydrogens (tertiary/aromatic N) is 1. The highest BCUT2D eigenvalue weighted by molar-refractivity contribution is 6.46. The Kier molecular flexibility index (Phi) is 5.76. The molecule has 1 atom stereocenters. The molecule has 4 rings (SSSR count). The van der Waals surface area contributed by atoms with Gasteiger partial charge in [0.1, 0.15) is 11.5 Å². The van der Waals surface area contributed by atoms with Crippen LogP contribution in [0.1, 0.15) is 28.4 Å². The zero-order chi connectivity index (χ0) is 23.0. The highest BCUT2D eigenvalue weighted by atomic mass is 16.5. The molecule has 0 spiro atoms. The average molecular weight is 434 g/mol. The molecule has 166 valence electrons. The van der Waals surface area contributed by atoms with Crippen LogP contribution in [0.4, 0.5) is 0 Å². The fraction of sp³-hybridized carbons (Fsp3) is 0.280. The quantitative estimate of drug-likeness (QED) is 0.349. The Bertz CT molecular complexity index is 1240. The number of amides is 1. The number of carbonyl (C=O) groups is 2. The Morgan fingerprint density at radius 1 is 1.12 bits per heavy atom. The Balaban J connectivity index is 1.95. The third-order valence-electron chi connectivity index (χ3n) is 5.96. The normalized spacial score (nSPS) is 18.0. The van der Waals surface area contributed by atoms with E-state index in [0.717, 1.165) is 27.7 Å². The first-order valence-electron chi connectivity index (χ1n) is 10.4. The number of aromatic amines is 1. The van der Waals surface area contributed by atoms with Crippen LogP contribution in [-0.4, -0.2) is 54.1 Å². The first kappa shape index (κ1) is 21.6. The van der Waals surface area contributed by atoms with E-state index in [-0.39, 0.29) is 24.5 Å². The summed E-state index contributed by atoms with van der Waals surface area (Å²) in [6.45, 7) is 4.26. The minimum Gasteiger partial charge on any atom is -0.507 e. The number of hydrogen-bond acceptors (Lipinski definition) is 5. The fourth-order valence-corrected chi connectivity index (χ4v) is 4.43. The van der Waals surface area contributed by atoms with Crippen molar-refractivity contribution in [2.75, 3.05) is 27.4 Å². The van der Waals surface area contributed by atoms with Crippen LogP contribution < -0.4 is 4.74 Å². The van der Waals surface area contributed by atoms with Gasteiger partial charge in [-0.05, 0) is 43.7 Å². The molecule has 7 heteroatoms. The highest BCUT2D eigenvalue weighted by Gasteiger charge is 2.47. The van der Waals surface area contributed by atoms with Crippen molar-refractivity contribution in [1.29, 1.82) is 0 Å². The minimum absolute atomic E-state index is 0.0727. The number of fused-ring (bicyclic) bond motifs is 1. The number of aromatic nitrogens is 1. The SMILES string of the molecule is COCCN1C(=O)C(=O)/C(=C(/O)c2ccc(OC)c(C)c2)C1c1c(C)[nH]c2ccccc12. The van der Waals surface area contributed by atoms with Gasteiger partial charge in [-0.3, -0.25) is 9.59 Å². The van der Waals surface area contributed by atoms with E-state index in [9.17, 15) is 14.7 Å². The number of Topliss-reactive ketones (excluding diaryl/α,β-unsaturated/α-hetero) is 1. The second-order valence-electron chi connectivity index (χ2n) is 7.88. The number of nitrogens with one attached hydrogen (secondary N) is 1. The molecule has 32 heavy (non-hydrogen) atoms. The summed E-state index contributed by atoms with van der Waals surface area (Å²) in [4.78, 5) is 31.0. The van der Waals surface area contributed by atoms with E-state index < -0.39 is 17.7 Å². The summed E-state index contributed by atoms with van der Waals surface area (Å²) in [5.74, 6) is -0.889. The zero-order valence-corrected chi connectivity index (χ0v) is 18.6. The summed E-state index contributed by atoms with van der Waals surface area (Å²) in [6.07, 6.45) is 0. The molecule has 2 heterocycles. The summed E-state index contributed by atoms with van der Waals surface area (Å²) >= 11 is 0. The van der Waals surface area contributed by atoms with E-state index in [1.54, 1.807) is 32.4 Å². The van der Waals surface area contributed by atoms with Crippen molar-refractivity contribution in [3.63, 3.8) is 0 Å². The molecule has 0 aliphatic carbocycles. The molecule has 2 aromatic carbocycles. The van der Waals surface area contributed by atoms with Gasteiger partial charge in [-0.2, -0.15) is 0 Å². The molecule has 0 radical (unpaired) electrons. The molecule has 1 aliphatic rings. The largest absolute Gasteiger partial charge is 0.507 e. The molecular weight excluding hydrogens is 408 g/mol. The van der Waals surface area contributed by atoms with Crippen LogP contribution in [0, 0.1) is 13.8 Å². The Hall–Kier alpha value is -3.58. The highest BCUT2D eigenvalue weighted by Crippen LogP contribution is 2.43. The van der Waals surface area contributed by atoms with Crippen molar-refractivity contribution in [1.82, 2.24) is 9.88 Å². The van der Waals surface area contributed by atoms with Gasteiger partial charge >= 0.3 is 0 Å². The van der Waals surface area contributed by atoms with Crippen LogP contribution in [0.3, 0.4) is 0 Å². The predicted octanol–water partition coefficient (Wildman–Crippen LogP) is 3.86. The summed E-state index contributed by atoms with van der Waals surface area (Å²) < 4.78 is 10.5. The zero-order valence-electron chi connectivity index (χ0n) is 18.6. The molecule has 0 bridgehead atoms. The van der Waals surface area contributed by atoms with Crippen LogP contribution in [0.5, 0.6) is 5.75 Å². The molecule has 1 aromatic heterocycles. The molecule has 2 N–H and O–H groups in total. The first-order valence-corrected chi connectivity index (χ1v) is 10.4. The number of benzene rings is 2. The number of H-pyrrole nitrogens is 1. The van der Waals surface area contributed by atoms with Crippen molar-refractivity contribution in [3.8, 4) is 5.75 Å². The Morgan fingerprint density at radius 2 is 1.88 bits per heavy atom. The summed E-state index contributed by atoms with van der Waals surface area (Å²) in [7, 11) is 3.12. The molecule has 1 amide bonds. The van der Waals surface area contributed by atoms with Crippen molar-refractivity contribution in [2.24, 2.45) is 0 Å². The second-order valence-corrected chi connectivity index (χ2v) is 7.88. The fourth-order valence-electron chi connectivity index (χ4n) is 4.43. The van der Waals surface area contributed by atoms with Gasteiger partial charge in [0.05, 0.1) is 25.3 Å². The third-order valence-corrected chi connectivity index (χ3v) is 5.96. The number of likely N-dealkylation sites (tertiary alicyclic amines) is 1. The first-order chi connectivity index (χ1) is 15.4. The number of aliphatic hydroxyl groups is 1. The smallest absolute Gasteiger partial charge is 0.295 e. The van der Waals surface area contributed by atoms with Crippen LogP contribution in [0.2, 0.25) is 0 Å². The molecule has 1 unspecified atom stereocenters. The summed E-state index contributed by atoms with van der Waals surface area (Å²) in [6, 6.07) is 12.2. The molecule has 0 saturated carbocycles. The maximum Gasteiger partial charge on any atom is 0.295 e. The van der Waals surface area contributed by atoms with Crippen molar-refractivity contribution < 1.29 is 24.2 Å². The number of aryl methyl sites for hydroxylation is 2. The predicted molar refractivity (Wildman–Crippen MR) is 122 cm³/mol. The van der Waals surface area contributed by atoms with Crippen molar-refractivity contribution in [3.05, 3.63) is 70.4 Å². The molecular formula is C25H26N2O5. The van der Waals surface area contributed by atoms with Gasteiger partial charge in [-0.15, -0.1) is 0 Å². The number of para-hydroxylation sites is 1.